The van der Waals surface area contributed by atoms with Crippen LogP contribution in [0, 0.1) is 0 Å². The fourth-order valence-electron chi connectivity index (χ4n) is 2.85. The van der Waals surface area contributed by atoms with Crippen molar-refractivity contribution in [3.63, 3.8) is 0 Å². The molecule has 0 bridgehead atoms. The van der Waals surface area contributed by atoms with Crippen molar-refractivity contribution in [2.24, 2.45) is 0 Å². The summed E-state index contributed by atoms with van der Waals surface area (Å²) in [6.45, 7) is 2.39. The largest absolute Gasteiger partial charge is 0.342 e. The Kier molecular flexibility index (Phi) is 3.78. The topological polar surface area (TPSA) is 67.6 Å². The van der Waals surface area contributed by atoms with E-state index in [1.54, 1.807) is 4.52 Å². The predicted molar refractivity (Wildman–Crippen MR) is 96.8 cm³/mol. The number of sulfone groups is 1. The van der Waals surface area contributed by atoms with E-state index in [4.69, 9.17) is 11.6 Å². The highest BCUT2D eigenvalue weighted by atomic mass is 35.5. The Morgan fingerprint density at radius 1 is 1.29 bits per heavy atom. The van der Waals surface area contributed by atoms with Crippen LogP contribution >= 0.6 is 22.9 Å². The van der Waals surface area contributed by atoms with Gasteiger partial charge in [0.25, 0.3) is 0 Å². The molecular weight excluding hydrogens is 368 g/mol. The molecule has 1 atom stereocenters. The second-order valence-electron chi connectivity index (χ2n) is 5.90. The summed E-state index contributed by atoms with van der Waals surface area (Å²) in [5.74, 6) is 0.347. The summed E-state index contributed by atoms with van der Waals surface area (Å²) < 4.78 is 25.2. The molecule has 9 heteroatoms. The first-order valence-electron chi connectivity index (χ1n) is 7.50. The van der Waals surface area contributed by atoms with Crippen molar-refractivity contribution in [2.75, 3.05) is 23.0 Å². The van der Waals surface area contributed by atoms with Crippen molar-refractivity contribution in [1.82, 2.24) is 14.6 Å². The van der Waals surface area contributed by atoms with Crippen LogP contribution in [-0.2, 0) is 9.84 Å². The number of hydrogen-bond donors (Lipinski definition) is 0. The number of halogens is 1. The Bertz CT molecular complexity index is 963. The van der Waals surface area contributed by atoms with E-state index in [9.17, 15) is 8.42 Å². The number of rotatable bonds is 2. The van der Waals surface area contributed by atoms with Gasteiger partial charge in [-0.25, -0.2) is 17.9 Å². The summed E-state index contributed by atoms with van der Waals surface area (Å²) >= 11 is 7.39. The molecule has 1 saturated heterocycles. The molecule has 3 aromatic rings. The number of nitrogens with zero attached hydrogens (tertiary/aromatic N) is 4. The molecule has 1 aliphatic rings. The van der Waals surface area contributed by atoms with Gasteiger partial charge in [-0.3, -0.25) is 0 Å². The van der Waals surface area contributed by atoms with Gasteiger partial charge in [0, 0.05) is 23.2 Å². The van der Waals surface area contributed by atoms with Gasteiger partial charge in [-0.05, 0) is 19.1 Å². The minimum absolute atomic E-state index is 0.0738. The second-order valence-corrected chi connectivity index (χ2v) is 9.50. The van der Waals surface area contributed by atoms with Crippen LogP contribution in [0.15, 0.2) is 30.5 Å². The highest BCUT2D eigenvalue weighted by Gasteiger charge is 2.30. The molecule has 1 aliphatic heterocycles. The quantitative estimate of drug-likeness (QED) is 0.681. The lowest BCUT2D eigenvalue weighted by molar-refractivity contribution is 0.567. The third-order valence-corrected chi connectivity index (χ3v) is 7.10. The van der Waals surface area contributed by atoms with Crippen LogP contribution in [0.4, 0.5) is 5.13 Å². The van der Waals surface area contributed by atoms with E-state index in [-0.39, 0.29) is 17.5 Å². The molecule has 0 N–H and O–H groups in total. The summed E-state index contributed by atoms with van der Waals surface area (Å²) in [7, 11) is -2.93. The van der Waals surface area contributed by atoms with E-state index in [0.29, 0.717) is 11.6 Å². The van der Waals surface area contributed by atoms with Gasteiger partial charge in [0.1, 0.15) is 0 Å². The molecule has 1 aromatic carbocycles. The lowest BCUT2D eigenvalue weighted by atomic mass is 10.2. The third-order valence-electron chi connectivity index (χ3n) is 4.09. The first kappa shape index (κ1) is 15.9. The Labute approximate surface area is 148 Å². The minimum Gasteiger partial charge on any atom is -0.342 e. The van der Waals surface area contributed by atoms with E-state index < -0.39 is 9.84 Å². The molecule has 0 spiro atoms. The van der Waals surface area contributed by atoms with Crippen LogP contribution < -0.4 is 4.90 Å². The Morgan fingerprint density at radius 2 is 2.04 bits per heavy atom. The Hall–Kier alpha value is -1.64. The lowest BCUT2D eigenvalue weighted by Gasteiger charge is -2.32. The molecule has 3 heterocycles. The molecule has 2 aromatic heterocycles. The first-order valence-corrected chi connectivity index (χ1v) is 10.5. The maximum absolute atomic E-state index is 11.7. The number of imidazole rings is 1. The van der Waals surface area contributed by atoms with Crippen LogP contribution in [0.3, 0.4) is 0 Å². The highest BCUT2D eigenvalue weighted by molar-refractivity contribution is 7.91. The average Bonchev–Trinajstić information content (AvgIpc) is 3.05. The summed E-state index contributed by atoms with van der Waals surface area (Å²) in [5, 5.41) is 6.07. The van der Waals surface area contributed by atoms with Gasteiger partial charge >= 0.3 is 0 Å². The molecule has 0 amide bonds. The second kappa shape index (κ2) is 5.72. The number of aromatic nitrogens is 3. The van der Waals surface area contributed by atoms with Crippen molar-refractivity contribution >= 4 is 42.9 Å². The summed E-state index contributed by atoms with van der Waals surface area (Å²) in [5.41, 5.74) is 1.82. The fraction of sp³-hybridized carbons (Fsp3) is 0.333. The third kappa shape index (κ3) is 2.89. The minimum atomic E-state index is -2.93. The van der Waals surface area contributed by atoms with Crippen molar-refractivity contribution in [3.05, 3.63) is 35.5 Å². The molecular formula is C15H15ClN4O2S2. The Balaban J connectivity index is 1.63. The Morgan fingerprint density at radius 3 is 2.71 bits per heavy atom. The molecule has 1 unspecified atom stereocenters. The van der Waals surface area contributed by atoms with E-state index in [0.717, 1.165) is 21.3 Å². The summed E-state index contributed by atoms with van der Waals surface area (Å²) in [4.78, 5) is 7.44. The van der Waals surface area contributed by atoms with Gasteiger partial charge in [-0.15, -0.1) is 5.10 Å². The smallest absolute Gasteiger partial charge is 0.214 e. The monoisotopic (exact) mass is 382 g/mol. The van der Waals surface area contributed by atoms with Crippen molar-refractivity contribution in [1.29, 1.82) is 0 Å². The summed E-state index contributed by atoms with van der Waals surface area (Å²) in [6, 6.07) is 7.44. The molecule has 1 fully saturated rings. The molecule has 0 radical (unpaired) electrons. The van der Waals surface area contributed by atoms with Gasteiger partial charge in [-0.1, -0.05) is 35.1 Å². The highest BCUT2D eigenvalue weighted by Crippen LogP contribution is 2.29. The van der Waals surface area contributed by atoms with Crippen LogP contribution in [0.2, 0.25) is 5.02 Å². The van der Waals surface area contributed by atoms with Crippen molar-refractivity contribution in [2.45, 2.75) is 13.0 Å². The molecule has 0 aliphatic carbocycles. The molecule has 126 valence electrons. The lowest BCUT2D eigenvalue weighted by Crippen LogP contribution is -2.47. The van der Waals surface area contributed by atoms with Gasteiger partial charge < -0.3 is 4.90 Å². The number of fused-ring (bicyclic) bond motifs is 1. The predicted octanol–water partition coefficient (Wildman–Crippen LogP) is 2.73. The normalized spacial score (nSPS) is 20.6. The van der Waals surface area contributed by atoms with Crippen LogP contribution in [0.25, 0.3) is 16.2 Å². The zero-order valence-corrected chi connectivity index (χ0v) is 15.3. The van der Waals surface area contributed by atoms with Crippen LogP contribution in [0.1, 0.15) is 6.92 Å². The molecule has 4 rings (SSSR count). The van der Waals surface area contributed by atoms with E-state index in [1.165, 1.54) is 11.3 Å². The summed E-state index contributed by atoms with van der Waals surface area (Å²) in [6.07, 6.45) is 1.88. The molecule has 24 heavy (non-hydrogen) atoms. The molecule has 0 saturated carbocycles. The van der Waals surface area contributed by atoms with E-state index >= 15 is 0 Å². The van der Waals surface area contributed by atoms with Crippen LogP contribution in [0.5, 0.6) is 0 Å². The maximum atomic E-state index is 11.7. The fourth-order valence-corrected chi connectivity index (χ4v) is 5.54. The van der Waals surface area contributed by atoms with Crippen LogP contribution in [-0.4, -0.2) is 47.1 Å². The van der Waals surface area contributed by atoms with E-state index in [1.807, 2.05) is 42.3 Å². The average molecular weight is 383 g/mol. The number of hydrogen-bond acceptors (Lipinski definition) is 6. The van der Waals surface area contributed by atoms with Gasteiger partial charge in [0.05, 0.1) is 23.4 Å². The maximum Gasteiger partial charge on any atom is 0.214 e. The van der Waals surface area contributed by atoms with Crippen molar-refractivity contribution in [3.8, 4) is 11.3 Å². The van der Waals surface area contributed by atoms with Gasteiger partial charge in [-0.2, -0.15) is 0 Å². The van der Waals surface area contributed by atoms with E-state index in [2.05, 4.69) is 10.1 Å². The van der Waals surface area contributed by atoms with Gasteiger partial charge in [0.2, 0.25) is 10.1 Å². The zero-order chi connectivity index (χ0) is 16.9. The van der Waals surface area contributed by atoms with Crippen molar-refractivity contribution < 1.29 is 8.42 Å². The standard InChI is InChI=1S/C15H15ClN4O2S2/c1-10-9-24(21,22)7-6-19(10)15-18-20-8-13(17-14(20)23-15)11-2-4-12(16)5-3-11/h2-5,8,10H,6-7,9H2,1H3. The SMILES string of the molecule is CC1CS(=O)(=O)CCN1c1nn2cc(-c3ccc(Cl)cc3)nc2s1. The zero-order valence-electron chi connectivity index (χ0n) is 12.9. The number of anilines is 1. The molecule has 6 nitrogen and oxygen atoms in total. The first-order chi connectivity index (χ1) is 11.4. The van der Waals surface area contributed by atoms with Gasteiger partial charge in [0.15, 0.2) is 9.84 Å². The number of benzene rings is 1.